The molecule has 172 valence electrons. The van der Waals surface area contributed by atoms with Crippen LogP contribution in [0, 0.1) is 0 Å². The number of anilines is 2. The molecule has 2 amide bonds. The number of benzene rings is 1. The number of nitrogens with zero attached hydrogens (tertiary/aromatic N) is 3. The van der Waals surface area contributed by atoms with Crippen LogP contribution in [0.3, 0.4) is 0 Å². The Balaban J connectivity index is 0.00000259. The first-order valence-electron chi connectivity index (χ1n) is 11.2. The molecule has 2 aromatic rings. The molecule has 0 spiro atoms. The van der Waals surface area contributed by atoms with Crippen LogP contribution in [0.1, 0.15) is 47.9 Å². The Kier molecular flexibility index (Phi) is 7.59. The molecule has 1 aromatic carbocycles. The Morgan fingerprint density at radius 1 is 1.00 bits per heavy atom. The van der Waals surface area contributed by atoms with E-state index in [1.165, 1.54) is 34.2 Å². The number of aromatic nitrogens is 2. The minimum atomic E-state index is -4.19. The summed E-state index contributed by atoms with van der Waals surface area (Å²) in [5, 5.41) is 2.90. The van der Waals surface area contributed by atoms with Crippen LogP contribution in [-0.4, -0.2) is 73.2 Å². The first-order chi connectivity index (χ1) is 15.5. The summed E-state index contributed by atoms with van der Waals surface area (Å²) in [5.41, 5.74) is 5.97. The minimum absolute atomic E-state index is 0. The molecule has 1 aliphatic heterocycles. The fourth-order valence-electron chi connectivity index (χ4n) is 5.14. The standard InChI is InChI=1S/C22H27N5O4S.Na.H/c28-22(25-21-19-5-1-3-15(19)11-16-4-2-6-20(16)21)26-32(29,30)27(17-7-9-31-10-8-17)18-12-23-14-24-13-18;;/h11-14,17H,1-10H2,(H2,25,26,28);;. The summed E-state index contributed by atoms with van der Waals surface area (Å²) < 4.78 is 35.6. The second-order valence-corrected chi connectivity index (χ2v) is 10.1. The van der Waals surface area contributed by atoms with Crippen LogP contribution in [0.4, 0.5) is 16.2 Å². The SMILES string of the molecule is O=C(Nc1c2c(cc3c1CCC3)CCC2)NS(=O)(=O)N(c1cncnc1)C1CCOCC1.[NaH]. The van der Waals surface area contributed by atoms with Crippen LogP contribution in [0.25, 0.3) is 0 Å². The van der Waals surface area contributed by atoms with E-state index in [1.807, 2.05) is 0 Å². The Morgan fingerprint density at radius 2 is 1.61 bits per heavy atom. The van der Waals surface area contributed by atoms with Gasteiger partial charge in [-0.05, 0) is 73.6 Å². The summed E-state index contributed by atoms with van der Waals surface area (Å²) in [6.45, 7) is 0.914. The van der Waals surface area contributed by atoms with Gasteiger partial charge in [0.15, 0.2) is 0 Å². The van der Waals surface area contributed by atoms with Crippen molar-refractivity contribution >= 4 is 57.2 Å². The van der Waals surface area contributed by atoms with Gasteiger partial charge in [0.1, 0.15) is 6.33 Å². The number of hydrogen-bond acceptors (Lipinski definition) is 6. The predicted octanol–water partition coefficient (Wildman–Crippen LogP) is 1.86. The average molecular weight is 482 g/mol. The normalized spacial score (nSPS) is 17.6. The van der Waals surface area contributed by atoms with Crippen molar-refractivity contribution in [3.63, 3.8) is 0 Å². The third-order valence-corrected chi connectivity index (χ3v) is 7.99. The molecule has 0 unspecified atom stereocenters. The summed E-state index contributed by atoms with van der Waals surface area (Å²) in [7, 11) is -4.19. The van der Waals surface area contributed by atoms with Crippen LogP contribution in [0.15, 0.2) is 24.8 Å². The quantitative estimate of drug-likeness (QED) is 0.631. The van der Waals surface area contributed by atoms with Gasteiger partial charge >= 0.3 is 45.8 Å². The molecule has 1 fully saturated rings. The molecule has 11 heteroatoms. The van der Waals surface area contributed by atoms with Crippen molar-refractivity contribution in [1.29, 1.82) is 0 Å². The Hall–Kier alpha value is -1.72. The van der Waals surface area contributed by atoms with E-state index in [9.17, 15) is 13.2 Å². The zero-order valence-electron chi connectivity index (χ0n) is 17.8. The van der Waals surface area contributed by atoms with E-state index in [2.05, 4.69) is 26.1 Å². The molecule has 9 nitrogen and oxygen atoms in total. The number of urea groups is 1. The summed E-state index contributed by atoms with van der Waals surface area (Å²) >= 11 is 0. The van der Waals surface area contributed by atoms with Crippen LogP contribution in [0.5, 0.6) is 0 Å². The molecule has 2 heterocycles. The molecular weight excluding hydrogens is 453 g/mol. The van der Waals surface area contributed by atoms with E-state index in [4.69, 9.17) is 4.74 Å². The van der Waals surface area contributed by atoms with Gasteiger partial charge in [0.25, 0.3) is 0 Å². The third kappa shape index (κ3) is 5.05. The van der Waals surface area contributed by atoms with Gasteiger partial charge in [-0.1, -0.05) is 6.07 Å². The molecule has 2 aliphatic carbocycles. The van der Waals surface area contributed by atoms with E-state index in [0.717, 1.165) is 55.3 Å². The Labute approximate surface area is 216 Å². The molecule has 1 saturated heterocycles. The second-order valence-electron chi connectivity index (χ2n) is 8.53. The summed E-state index contributed by atoms with van der Waals surface area (Å²) in [4.78, 5) is 20.9. The van der Waals surface area contributed by atoms with E-state index in [0.29, 0.717) is 31.7 Å². The molecule has 2 N–H and O–H groups in total. The van der Waals surface area contributed by atoms with E-state index in [1.54, 1.807) is 0 Å². The number of nitrogens with one attached hydrogen (secondary N) is 2. The number of ether oxygens (including phenoxy) is 1. The van der Waals surface area contributed by atoms with Gasteiger partial charge in [0, 0.05) is 18.9 Å². The number of rotatable bonds is 5. The number of amides is 2. The number of aryl methyl sites for hydroxylation is 2. The summed E-state index contributed by atoms with van der Waals surface area (Å²) in [6, 6.07) is 1.19. The van der Waals surface area contributed by atoms with Gasteiger partial charge in [-0.3, -0.25) is 0 Å². The maximum absolute atomic E-state index is 13.4. The number of carbonyl (C=O) groups is 1. The maximum atomic E-state index is 13.4. The van der Waals surface area contributed by atoms with Gasteiger partial charge in [0.2, 0.25) is 0 Å². The first kappa shape index (κ1) is 24.4. The van der Waals surface area contributed by atoms with Crippen LogP contribution >= 0.6 is 0 Å². The van der Waals surface area contributed by atoms with Crippen molar-refractivity contribution in [2.24, 2.45) is 0 Å². The molecule has 0 atom stereocenters. The Morgan fingerprint density at radius 3 is 2.21 bits per heavy atom. The molecule has 0 bridgehead atoms. The second kappa shape index (κ2) is 10.3. The molecule has 33 heavy (non-hydrogen) atoms. The first-order valence-corrected chi connectivity index (χ1v) is 12.6. The molecular formula is C22H28N5NaO4S. The van der Waals surface area contributed by atoms with Crippen molar-refractivity contribution in [3.05, 3.63) is 47.0 Å². The number of fused-ring (bicyclic) bond motifs is 2. The molecule has 3 aliphatic rings. The zero-order valence-corrected chi connectivity index (χ0v) is 18.7. The van der Waals surface area contributed by atoms with Crippen LogP contribution < -0.4 is 14.3 Å². The van der Waals surface area contributed by atoms with E-state index >= 15 is 0 Å². The van der Waals surface area contributed by atoms with Crippen molar-refractivity contribution in [3.8, 4) is 0 Å². The van der Waals surface area contributed by atoms with Gasteiger partial charge in [-0.2, -0.15) is 8.42 Å². The fourth-order valence-corrected chi connectivity index (χ4v) is 6.50. The third-order valence-electron chi connectivity index (χ3n) is 6.52. The van der Waals surface area contributed by atoms with Gasteiger partial charge < -0.3 is 10.1 Å². The summed E-state index contributed by atoms with van der Waals surface area (Å²) in [6.07, 6.45) is 11.2. The van der Waals surface area contributed by atoms with Crippen LogP contribution in [0.2, 0.25) is 0 Å². The molecule has 1 aromatic heterocycles. The van der Waals surface area contributed by atoms with Crippen molar-refractivity contribution in [1.82, 2.24) is 14.7 Å². The molecule has 0 saturated carbocycles. The van der Waals surface area contributed by atoms with Gasteiger partial charge in [-0.15, -0.1) is 0 Å². The number of carbonyl (C=O) groups excluding carboxylic acids is 1. The Bertz CT molecular complexity index is 1090. The predicted molar refractivity (Wildman–Crippen MR) is 127 cm³/mol. The van der Waals surface area contributed by atoms with Crippen LogP contribution in [-0.2, 0) is 40.6 Å². The molecule has 5 rings (SSSR count). The van der Waals surface area contributed by atoms with E-state index < -0.39 is 16.2 Å². The van der Waals surface area contributed by atoms with E-state index in [-0.39, 0.29) is 35.6 Å². The summed E-state index contributed by atoms with van der Waals surface area (Å²) in [5.74, 6) is 0. The van der Waals surface area contributed by atoms with Crippen molar-refractivity contribution in [2.75, 3.05) is 22.8 Å². The monoisotopic (exact) mass is 481 g/mol. The molecule has 0 radical (unpaired) electrons. The average Bonchev–Trinajstić information content (AvgIpc) is 3.44. The number of hydrogen-bond donors (Lipinski definition) is 2. The zero-order chi connectivity index (χ0) is 22.1. The topological polar surface area (TPSA) is 114 Å². The fraction of sp³-hybridized carbons (Fsp3) is 0.500. The van der Waals surface area contributed by atoms with Crippen molar-refractivity contribution < 1.29 is 17.9 Å². The van der Waals surface area contributed by atoms with Crippen molar-refractivity contribution in [2.45, 2.75) is 57.4 Å². The van der Waals surface area contributed by atoms with Gasteiger partial charge in [-0.25, -0.2) is 23.8 Å². The van der Waals surface area contributed by atoms with Gasteiger partial charge in [0.05, 0.1) is 24.1 Å².